The summed E-state index contributed by atoms with van der Waals surface area (Å²) >= 11 is 7.32. The van der Waals surface area contributed by atoms with Crippen LogP contribution in [0.1, 0.15) is 5.56 Å². The number of rotatable bonds is 4. The first-order valence-electron chi connectivity index (χ1n) is 6.12. The summed E-state index contributed by atoms with van der Waals surface area (Å²) in [5, 5.41) is 13.7. The molecule has 2 aromatic heterocycles. The average Bonchev–Trinajstić information content (AvgIpc) is 2.97. The number of anilines is 1. The number of nitrogens with zero attached hydrogens (tertiary/aromatic N) is 4. The van der Waals surface area contributed by atoms with Gasteiger partial charge in [0.25, 0.3) is 4.96 Å². The molecule has 0 N–H and O–H groups in total. The largest absolute Gasteiger partial charge is 0.373 e. The number of halogens is 1. The fourth-order valence-corrected chi connectivity index (χ4v) is 3.09. The van der Waals surface area contributed by atoms with Gasteiger partial charge in [0.1, 0.15) is 6.20 Å². The molecule has 0 bridgehead atoms. The van der Waals surface area contributed by atoms with Gasteiger partial charge in [0, 0.05) is 24.0 Å². The molecule has 0 fully saturated rings. The quantitative estimate of drug-likeness (QED) is 0.544. The maximum atomic E-state index is 11.3. The first-order chi connectivity index (χ1) is 10.1. The highest BCUT2D eigenvalue weighted by Crippen LogP contribution is 2.31. The fourth-order valence-electron chi connectivity index (χ4n) is 2.17. The molecule has 0 aliphatic rings. The average molecular weight is 323 g/mol. The molecule has 0 aliphatic carbocycles. The fraction of sp³-hybridized carbons (Fsp3) is 0.154. The Morgan fingerprint density at radius 1 is 1.52 bits per heavy atom. The lowest BCUT2D eigenvalue weighted by Crippen LogP contribution is -2.18. The molecular formula is C13H11ClN4O2S. The summed E-state index contributed by atoms with van der Waals surface area (Å²) in [4.78, 5) is 17.6. The highest BCUT2D eigenvalue weighted by atomic mass is 35.5. The van der Waals surface area contributed by atoms with Crippen molar-refractivity contribution < 1.29 is 4.92 Å². The van der Waals surface area contributed by atoms with Gasteiger partial charge in [-0.3, -0.25) is 0 Å². The Hall–Kier alpha value is -2.12. The number of nitro groups is 1. The summed E-state index contributed by atoms with van der Waals surface area (Å²) in [5.74, 6) is 0.336. The van der Waals surface area contributed by atoms with E-state index in [-0.39, 0.29) is 5.82 Å². The van der Waals surface area contributed by atoms with E-state index in [4.69, 9.17) is 11.6 Å². The summed E-state index contributed by atoms with van der Waals surface area (Å²) in [7, 11) is 1.78. The SMILES string of the molecule is CN(Cc1cccc(Cl)c1)c1nc2sccn2c1[N+](=O)[O-]. The van der Waals surface area contributed by atoms with Crippen molar-refractivity contribution >= 4 is 39.5 Å². The van der Waals surface area contributed by atoms with Crippen molar-refractivity contribution in [2.24, 2.45) is 0 Å². The van der Waals surface area contributed by atoms with E-state index in [1.165, 1.54) is 15.7 Å². The van der Waals surface area contributed by atoms with Gasteiger partial charge in [-0.1, -0.05) is 35.1 Å². The third kappa shape index (κ3) is 2.57. The van der Waals surface area contributed by atoms with Gasteiger partial charge in [0.15, 0.2) is 0 Å². The topological polar surface area (TPSA) is 63.7 Å². The van der Waals surface area contributed by atoms with Crippen LogP contribution in [0, 0.1) is 10.1 Å². The van der Waals surface area contributed by atoms with E-state index in [0.717, 1.165) is 5.56 Å². The van der Waals surface area contributed by atoms with E-state index in [9.17, 15) is 10.1 Å². The van der Waals surface area contributed by atoms with Gasteiger partial charge >= 0.3 is 5.82 Å². The molecule has 2 heterocycles. The van der Waals surface area contributed by atoms with Crippen LogP contribution in [0.5, 0.6) is 0 Å². The van der Waals surface area contributed by atoms with Crippen LogP contribution in [-0.2, 0) is 6.54 Å². The van der Waals surface area contributed by atoms with Crippen molar-refractivity contribution in [3.05, 3.63) is 56.5 Å². The standard InChI is InChI=1S/C13H11ClN4O2S/c1-16(8-9-3-2-4-10(14)7-9)11-12(18(19)20)17-5-6-21-13(17)15-11/h2-7H,8H2,1H3. The lowest BCUT2D eigenvalue weighted by molar-refractivity contribution is -0.389. The highest BCUT2D eigenvalue weighted by Gasteiger charge is 2.26. The van der Waals surface area contributed by atoms with Crippen molar-refractivity contribution in [2.45, 2.75) is 6.54 Å². The summed E-state index contributed by atoms with van der Waals surface area (Å²) in [6.45, 7) is 0.492. The summed E-state index contributed by atoms with van der Waals surface area (Å²) < 4.78 is 1.49. The van der Waals surface area contributed by atoms with E-state index in [1.54, 1.807) is 29.6 Å². The van der Waals surface area contributed by atoms with Gasteiger partial charge in [-0.05, 0) is 22.6 Å². The van der Waals surface area contributed by atoms with E-state index in [0.29, 0.717) is 22.3 Å². The minimum Gasteiger partial charge on any atom is -0.358 e. The Morgan fingerprint density at radius 3 is 3.05 bits per heavy atom. The molecule has 0 atom stereocenters. The van der Waals surface area contributed by atoms with Crippen molar-refractivity contribution in [1.29, 1.82) is 0 Å². The van der Waals surface area contributed by atoms with E-state index in [1.807, 2.05) is 18.2 Å². The van der Waals surface area contributed by atoms with Crippen molar-refractivity contribution in [3.8, 4) is 0 Å². The normalized spacial score (nSPS) is 11.0. The molecule has 0 spiro atoms. The summed E-state index contributed by atoms with van der Waals surface area (Å²) in [5.41, 5.74) is 0.968. The number of fused-ring (bicyclic) bond motifs is 1. The first-order valence-corrected chi connectivity index (χ1v) is 7.37. The second-order valence-electron chi connectivity index (χ2n) is 4.56. The molecule has 1 aromatic carbocycles. The van der Waals surface area contributed by atoms with Crippen LogP contribution in [0.4, 0.5) is 11.6 Å². The van der Waals surface area contributed by atoms with Crippen LogP contribution in [0.25, 0.3) is 4.96 Å². The molecule has 0 saturated heterocycles. The van der Waals surface area contributed by atoms with Gasteiger partial charge in [0.05, 0.1) is 0 Å². The van der Waals surface area contributed by atoms with Crippen LogP contribution < -0.4 is 4.90 Å². The minimum atomic E-state index is -0.406. The monoisotopic (exact) mass is 322 g/mol. The van der Waals surface area contributed by atoms with Crippen LogP contribution in [0.2, 0.25) is 5.02 Å². The van der Waals surface area contributed by atoms with Crippen LogP contribution >= 0.6 is 22.9 Å². The molecule has 21 heavy (non-hydrogen) atoms. The Labute approximate surface area is 129 Å². The molecule has 0 amide bonds. The zero-order valence-electron chi connectivity index (χ0n) is 11.1. The summed E-state index contributed by atoms with van der Waals surface area (Å²) in [6, 6.07) is 7.40. The number of imidazole rings is 1. The maximum absolute atomic E-state index is 11.3. The molecule has 8 heteroatoms. The predicted molar refractivity (Wildman–Crippen MR) is 83.3 cm³/mol. The van der Waals surface area contributed by atoms with E-state index < -0.39 is 4.92 Å². The molecule has 108 valence electrons. The van der Waals surface area contributed by atoms with Crippen LogP contribution in [0.3, 0.4) is 0 Å². The van der Waals surface area contributed by atoms with Crippen molar-refractivity contribution in [2.75, 3.05) is 11.9 Å². The van der Waals surface area contributed by atoms with Gasteiger partial charge < -0.3 is 15.0 Å². The predicted octanol–water partition coefficient (Wildman–Crippen LogP) is 3.59. The number of thiazole rings is 1. The number of hydrogen-bond donors (Lipinski definition) is 0. The molecule has 0 unspecified atom stereocenters. The molecule has 0 saturated carbocycles. The van der Waals surface area contributed by atoms with Gasteiger partial charge in [-0.2, -0.15) is 9.38 Å². The Balaban J connectivity index is 1.97. The summed E-state index contributed by atoms with van der Waals surface area (Å²) in [6.07, 6.45) is 1.65. The molecular weight excluding hydrogens is 312 g/mol. The number of hydrogen-bond acceptors (Lipinski definition) is 5. The second-order valence-corrected chi connectivity index (χ2v) is 5.87. The van der Waals surface area contributed by atoms with E-state index >= 15 is 0 Å². The third-order valence-corrected chi connectivity index (χ3v) is 4.05. The van der Waals surface area contributed by atoms with Gasteiger partial charge in [-0.15, -0.1) is 0 Å². The Bertz CT molecular complexity index is 813. The van der Waals surface area contributed by atoms with Crippen LogP contribution in [-0.4, -0.2) is 21.4 Å². The van der Waals surface area contributed by atoms with Gasteiger partial charge in [0.2, 0.25) is 5.82 Å². The first kappa shape index (κ1) is 13.8. The maximum Gasteiger partial charge on any atom is 0.373 e. The Morgan fingerprint density at radius 2 is 2.33 bits per heavy atom. The zero-order valence-corrected chi connectivity index (χ0v) is 12.6. The zero-order chi connectivity index (χ0) is 15.0. The van der Waals surface area contributed by atoms with Crippen molar-refractivity contribution in [1.82, 2.24) is 9.38 Å². The minimum absolute atomic E-state index is 0.0178. The molecule has 0 radical (unpaired) electrons. The lowest BCUT2D eigenvalue weighted by Gasteiger charge is -2.16. The molecule has 3 aromatic rings. The molecule has 6 nitrogen and oxygen atoms in total. The molecule has 0 aliphatic heterocycles. The number of benzene rings is 1. The number of aromatic nitrogens is 2. The third-order valence-electron chi connectivity index (χ3n) is 3.06. The van der Waals surface area contributed by atoms with Crippen molar-refractivity contribution in [3.63, 3.8) is 0 Å². The second kappa shape index (κ2) is 5.34. The smallest absolute Gasteiger partial charge is 0.358 e. The van der Waals surface area contributed by atoms with Crippen LogP contribution in [0.15, 0.2) is 35.8 Å². The van der Waals surface area contributed by atoms with Gasteiger partial charge in [-0.25, -0.2) is 0 Å². The molecule has 3 rings (SSSR count). The Kier molecular flexibility index (Phi) is 3.52. The lowest BCUT2D eigenvalue weighted by atomic mass is 10.2. The van der Waals surface area contributed by atoms with E-state index in [2.05, 4.69) is 4.98 Å². The highest BCUT2D eigenvalue weighted by molar-refractivity contribution is 7.15.